The summed E-state index contributed by atoms with van der Waals surface area (Å²) in [6, 6.07) is 0. The summed E-state index contributed by atoms with van der Waals surface area (Å²) in [5.74, 6) is -0.742. The topological polar surface area (TPSA) is 112 Å². The number of esters is 2. The van der Waals surface area contributed by atoms with E-state index >= 15 is 0 Å². The first-order chi connectivity index (χ1) is 10.2. The number of hydrogen-bond donors (Lipinski definition) is 2. The van der Waals surface area contributed by atoms with Gasteiger partial charge in [-0.3, -0.25) is 9.59 Å². The zero-order chi connectivity index (χ0) is 18.0. The number of aliphatic hydroxyl groups excluding tert-OH is 2. The number of hydrogen-bond acceptors (Lipinski definition) is 8. The minimum atomic E-state index is -0.565. The van der Waals surface area contributed by atoms with Crippen LogP contribution >= 0.6 is 0 Å². The lowest BCUT2D eigenvalue weighted by Gasteiger charge is -2.10. The number of carbonyl (C=O) groups excluding carboxylic acids is 2. The summed E-state index contributed by atoms with van der Waals surface area (Å²) in [5.41, 5.74) is 0. The number of carbonyl (C=O) groups is 2. The van der Waals surface area contributed by atoms with E-state index in [4.69, 9.17) is 10.2 Å². The smallest absolute Gasteiger partial charge is 0.303 e. The number of rotatable bonds is 7. The van der Waals surface area contributed by atoms with Crippen LogP contribution in [-0.2, 0) is 28.5 Å². The Morgan fingerprint density at radius 3 is 1.86 bits per heavy atom. The fraction of sp³-hybridized carbons (Fsp3) is 0.857. The molecule has 0 amide bonds. The highest BCUT2D eigenvalue weighted by Crippen LogP contribution is 1.92. The fourth-order valence-electron chi connectivity index (χ4n) is 0.810. The lowest BCUT2D eigenvalue weighted by molar-refractivity contribution is -0.155. The second-order valence-electron chi connectivity index (χ2n) is 4.04. The summed E-state index contributed by atoms with van der Waals surface area (Å²) in [6.07, 6.45) is -0.266. The van der Waals surface area contributed by atoms with E-state index in [0.29, 0.717) is 13.0 Å². The van der Waals surface area contributed by atoms with Crippen molar-refractivity contribution in [1.82, 2.24) is 0 Å². The normalized spacial score (nSPS) is 11.8. The molecule has 0 aliphatic carbocycles. The third-order valence-corrected chi connectivity index (χ3v) is 1.81. The molecule has 0 bridgehead atoms. The van der Waals surface area contributed by atoms with Gasteiger partial charge in [0.15, 0.2) is 6.29 Å². The quantitative estimate of drug-likeness (QED) is 0.513. The Bertz CT molecular complexity index is 251. The van der Waals surface area contributed by atoms with Crippen LogP contribution in [0.25, 0.3) is 0 Å². The van der Waals surface area contributed by atoms with Crippen molar-refractivity contribution in [3.05, 3.63) is 0 Å². The van der Waals surface area contributed by atoms with Gasteiger partial charge in [-0.15, -0.1) is 0 Å². The van der Waals surface area contributed by atoms with Gasteiger partial charge >= 0.3 is 11.9 Å². The molecule has 22 heavy (non-hydrogen) atoms. The van der Waals surface area contributed by atoms with E-state index in [2.05, 4.69) is 18.9 Å². The van der Waals surface area contributed by atoms with Crippen molar-refractivity contribution in [3.63, 3.8) is 0 Å². The molecule has 134 valence electrons. The molecule has 0 radical (unpaired) electrons. The summed E-state index contributed by atoms with van der Waals surface area (Å²) >= 11 is 0. The maximum Gasteiger partial charge on any atom is 0.303 e. The average Bonchev–Trinajstić information content (AvgIpc) is 2.45. The SMILES string of the molecule is CC(=O)OCC(C)OC(C)=O.CCC(O)OC.COCCO. The first-order valence-corrected chi connectivity index (χ1v) is 6.86. The van der Waals surface area contributed by atoms with Crippen molar-refractivity contribution < 1.29 is 38.7 Å². The first-order valence-electron chi connectivity index (χ1n) is 6.86. The molecule has 0 aromatic carbocycles. The van der Waals surface area contributed by atoms with Gasteiger partial charge in [0.25, 0.3) is 0 Å². The third-order valence-electron chi connectivity index (χ3n) is 1.81. The van der Waals surface area contributed by atoms with Crippen LogP contribution in [0.3, 0.4) is 0 Å². The van der Waals surface area contributed by atoms with E-state index in [1.54, 1.807) is 14.0 Å². The van der Waals surface area contributed by atoms with E-state index in [0.717, 1.165) is 0 Å². The van der Waals surface area contributed by atoms with Crippen LogP contribution in [0.15, 0.2) is 0 Å². The van der Waals surface area contributed by atoms with Crippen molar-refractivity contribution >= 4 is 11.9 Å². The molecule has 8 heteroatoms. The lowest BCUT2D eigenvalue weighted by atomic mass is 10.4. The minimum Gasteiger partial charge on any atom is -0.462 e. The van der Waals surface area contributed by atoms with Gasteiger partial charge in [-0.2, -0.15) is 0 Å². The molecule has 0 saturated carbocycles. The maximum absolute atomic E-state index is 10.3. The van der Waals surface area contributed by atoms with Crippen molar-refractivity contribution in [2.45, 2.75) is 46.5 Å². The second-order valence-corrected chi connectivity index (χ2v) is 4.04. The van der Waals surface area contributed by atoms with Crippen molar-refractivity contribution in [1.29, 1.82) is 0 Å². The second kappa shape index (κ2) is 19.8. The number of methoxy groups -OCH3 is 2. The highest BCUT2D eigenvalue weighted by molar-refractivity contribution is 5.67. The molecule has 0 spiro atoms. The predicted molar refractivity (Wildman–Crippen MR) is 80.1 cm³/mol. The standard InChI is InChI=1S/C7H12O4.C4H10O2.C3H8O2/c1-5(11-7(3)9)4-10-6(2)8;1-3-4(5)6-2;1-5-3-2-4/h5H,4H2,1-3H3;4-5H,3H2,1-2H3;4H,2-3H2,1H3. The van der Waals surface area contributed by atoms with E-state index < -0.39 is 6.29 Å². The zero-order valence-electron chi connectivity index (χ0n) is 14.3. The number of ether oxygens (including phenoxy) is 4. The lowest BCUT2D eigenvalue weighted by Crippen LogP contribution is -2.19. The van der Waals surface area contributed by atoms with Crippen LogP contribution in [0.5, 0.6) is 0 Å². The Hall–Kier alpha value is -1.22. The van der Waals surface area contributed by atoms with Crippen LogP contribution in [0.4, 0.5) is 0 Å². The molecule has 0 fully saturated rings. The van der Waals surface area contributed by atoms with Gasteiger partial charge in [0.2, 0.25) is 0 Å². The number of aliphatic hydroxyl groups is 2. The molecular formula is C14H30O8. The molecule has 2 atom stereocenters. The van der Waals surface area contributed by atoms with Crippen LogP contribution in [-0.4, -0.2) is 68.6 Å². The summed E-state index contributed by atoms with van der Waals surface area (Å²) < 4.78 is 18.2. The van der Waals surface area contributed by atoms with Gasteiger partial charge in [0, 0.05) is 28.1 Å². The Labute approximate surface area is 132 Å². The monoisotopic (exact) mass is 326 g/mol. The third kappa shape index (κ3) is 31.3. The fourth-order valence-corrected chi connectivity index (χ4v) is 0.810. The molecule has 0 saturated heterocycles. The van der Waals surface area contributed by atoms with E-state index in [1.807, 2.05) is 6.92 Å². The molecule has 0 aliphatic rings. The predicted octanol–water partition coefficient (Wildman–Crippen LogP) is 0.487. The molecule has 2 N–H and O–H groups in total. The molecule has 0 aromatic rings. The van der Waals surface area contributed by atoms with Crippen molar-refractivity contribution in [3.8, 4) is 0 Å². The molecule has 0 rings (SSSR count). The summed E-state index contributed by atoms with van der Waals surface area (Å²) in [5, 5.41) is 16.4. The average molecular weight is 326 g/mol. The van der Waals surface area contributed by atoms with Crippen LogP contribution < -0.4 is 0 Å². The zero-order valence-corrected chi connectivity index (χ0v) is 14.3. The molecule has 0 aliphatic heterocycles. The van der Waals surface area contributed by atoms with Gasteiger partial charge in [0.05, 0.1) is 13.2 Å². The van der Waals surface area contributed by atoms with Crippen molar-refractivity contribution in [2.24, 2.45) is 0 Å². The molecule has 0 heterocycles. The van der Waals surface area contributed by atoms with Crippen LogP contribution in [0.1, 0.15) is 34.1 Å². The Morgan fingerprint density at radius 1 is 1.14 bits per heavy atom. The largest absolute Gasteiger partial charge is 0.462 e. The first kappa shape index (κ1) is 25.7. The Kier molecular flexibility index (Phi) is 23.1. The molecule has 2 unspecified atom stereocenters. The Balaban J connectivity index is -0.000000277. The molecule has 0 aromatic heterocycles. The van der Waals surface area contributed by atoms with E-state index in [-0.39, 0.29) is 31.3 Å². The maximum atomic E-state index is 10.3. The van der Waals surface area contributed by atoms with E-state index in [9.17, 15) is 9.59 Å². The molecule has 8 nitrogen and oxygen atoms in total. The molecular weight excluding hydrogens is 296 g/mol. The minimum absolute atomic E-state index is 0.120. The highest BCUT2D eigenvalue weighted by Gasteiger charge is 2.06. The van der Waals surface area contributed by atoms with E-state index in [1.165, 1.54) is 21.0 Å². The van der Waals surface area contributed by atoms with Gasteiger partial charge in [0.1, 0.15) is 12.7 Å². The van der Waals surface area contributed by atoms with Gasteiger partial charge in [-0.05, 0) is 13.3 Å². The summed E-state index contributed by atoms with van der Waals surface area (Å²) in [7, 11) is 3.03. The summed E-state index contributed by atoms with van der Waals surface area (Å²) in [6.45, 7) is 6.81. The summed E-state index contributed by atoms with van der Waals surface area (Å²) in [4.78, 5) is 20.6. The highest BCUT2D eigenvalue weighted by atomic mass is 16.6. The van der Waals surface area contributed by atoms with Gasteiger partial charge < -0.3 is 29.2 Å². The van der Waals surface area contributed by atoms with Crippen molar-refractivity contribution in [2.75, 3.05) is 34.0 Å². The van der Waals surface area contributed by atoms with Gasteiger partial charge in [-0.25, -0.2) is 0 Å². The van der Waals surface area contributed by atoms with Gasteiger partial charge in [-0.1, -0.05) is 6.92 Å². The van der Waals surface area contributed by atoms with Crippen LogP contribution in [0.2, 0.25) is 0 Å². The van der Waals surface area contributed by atoms with Crippen LogP contribution in [0, 0.1) is 0 Å². The Morgan fingerprint density at radius 2 is 1.68 bits per heavy atom.